The van der Waals surface area contributed by atoms with Gasteiger partial charge in [-0.3, -0.25) is 4.79 Å². The Morgan fingerprint density at radius 3 is 2.45 bits per heavy atom. The molecular formula is C35H32F3N5O4. The van der Waals surface area contributed by atoms with Gasteiger partial charge in [-0.15, -0.1) is 0 Å². The molecule has 1 aliphatic heterocycles. The molecule has 4 aromatic rings. The highest BCUT2D eigenvalue weighted by atomic mass is 19.4. The number of nitrogens with one attached hydrogen (secondary N) is 1. The first-order valence-corrected chi connectivity index (χ1v) is 14.9. The standard InChI is InChI=1S/C35H32F3N5O4/c36-35(37,38)28-12-6-10-25(20-28)22-40-33(45)34(21-24-8-2-1-3-9-24)31(30-13-5-4-11-27(30)23-41-43-39)47-32(42-34)26-14-16-29(17-15-26)46-19-7-18-44/h1-6,8-17,20,31,44H,7,18-19,21-23H2,(H,40,45)/t31-,34-/m1/s1. The number of amides is 1. The molecule has 2 N–H and O–H groups in total. The number of ether oxygens (including phenoxy) is 2. The zero-order chi connectivity index (χ0) is 33.3. The van der Waals surface area contributed by atoms with Crippen LogP contribution in [0.5, 0.6) is 5.75 Å². The van der Waals surface area contributed by atoms with Gasteiger partial charge in [-0.2, -0.15) is 13.2 Å². The third-order valence-corrected chi connectivity index (χ3v) is 7.70. The number of aliphatic hydroxyl groups is 1. The summed E-state index contributed by atoms with van der Waals surface area (Å²) in [5.74, 6) is 0.202. The van der Waals surface area contributed by atoms with E-state index in [1.807, 2.05) is 30.3 Å². The van der Waals surface area contributed by atoms with E-state index in [-0.39, 0.29) is 37.6 Å². The average Bonchev–Trinajstić information content (AvgIpc) is 3.47. The van der Waals surface area contributed by atoms with E-state index in [4.69, 9.17) is 25.1 Å². The molecule has 2 atom stereocenters. The van der Waals surface area contributed by atoms with Gasteiger partial charge >= 0.3 is 6.18 Å². The van der Waals surface area contributed by atoms with Gasteiger partial charge in [-0.1, -0.05) is 71.8 Å². The van der Waals surface area contributed by atoms with Crippen molar-refractivity contribution in [2.24, 2.45) is 10.1 Å². The van der Waals surface area contributed by atoms with Crippen LogP contribution in [0.2, 0.25) is 0 Å². The summed E-state index contributed by atoms with van der Waals surface area (Å²) in [6.45, 7) is 0.153. The predicted octanol–water partition coefficient (Wildman–Crippen LogP) is 7.09. The van der Waals surface area contributed by atoms with Gasteiger partial charge in [-0.05, 0) is 64.2 Å². The summed E-state index contributed by atoms with van der Waals surface area (Å²) in [5, 5.41) is 15.6. The van der Waals surface area contributed by atoms with Crippen LogP contribution in [0.25, 0.3) is 10.4 Å². The first kappa shape index (κ1) is 33.1. The minimum absolute atomic E-state index is 0.00456. The van der Waals surface area contributed by atoms with Gasteiger partial charge in [-0.25, -0.2) is 4.99 Å². The maximum atomic E-state index is 14.5. The summed E-state index contributed by atoms with van der Waals surface area (Å²) in [6, 6.07) is 28.1. The Balaban J connectivity index is 1.58. The van der Waals surface area contributed by atoms with Crippen molar-refractivity contribution >= 4 is 11.8 Å². The Labute approximate surface area is 269 Å². The van der Waals surface area contributed by atoms with Crippen molar-refractivity contribution in [3.05, 3.63) is 147 Å². The molecular weight excluding hydrogens is 611 g/mol. The Morgan fingerprint density at radius 1 is 1.00 bits per heavy atom. The summed E-state index contributed by atoms with van der Waals surface area (Å²) in [4.78, 5) is 22.3. The second-order valence-electron chi connectivity index (χ2n) is 10.9. The summed E-state index contributed by atoms with van der Waals surface area (Å²) in [5.41, 5.74) is 9.43. The van der Waals surface area contributed by atoms with Crippen molar-refractivity contribution < 1.29 is 32.5 Å². The quantitative estimate of drug-likeness (QED) is 0.0697. The summed E-state index contributed by atoms with van der Waals surface area (Å²) in [7, 11) is 0. The second-order valence-corrected chi connectivity index (χ2v) is 10.9. The van der Waals surface area contributed by atoms with E-state index in [0.717, 1.165) is 17.7 Å². The molecule has 0 bridgehead atoms. The van der Waals surface area contributed by atoms with Crippen LogP contribution in [0, 0.1) is 0 Å². The fraction of sp³-hybridized carbons (Fsp3) is 0.257. The van der Waals surface area contributed by atoms with E-state index < -0.39 is 29.3 Å². The minimum atomic E-state index is -4.53. The number of alkyl halides is 3. The molecule has 1 aliphatic rings. The molecule has 9 nitrogen and oxygen atoms in total. The summed E-state index contributed by atoms with van der Waals surface area (Å²) >= 11 is 0. The van der Waals surface area contributed by atoms with Crippen LogP contribution in [0.1, 0.15) is 45.9 Å². The van der Waals surface area contributed by atoms with Crippen LogP contribution in [0.3, 0.4) is 0 Å². The Kier molecular flexibility index (Phi) is 10.4. The minimum Gasteiger partial charge on any atom is -0.494 e. The third kappa shape index (κ3) is 7.92. The zero-order valence-electron chi connectivity index (χ0n) is 25.2. The van der Waals surface area contributed by atoms with Crippen molar-refractivity contribution in [2.45, 2.75) is 43.8 Å². The molecule has 4 aromatic carbocycles. The molecule has 242 valence electrons. The lowest BCUT2D eigenvalue weighted by atomic mass is 9.80. The smallest absolute Gasteiger partial charge is 0.416 e. The monoisotopic (exact) mass is 643 g/mol. The molecule has 0 saturated heterocycles. The topological polar surface area (TPSA) is 129 Å². The Bertz CT molecular complexity index is 1760. The third-order valence-electron chi connectivity index (χ3n) is 7.70. The van der Waals surface area contributed by atoms with Gasteiger partial charge < -0.3 is 19.9 Å². The molecule has 1 amide bonds. The molecule has 12 heteroatoms. The van der Waals surface area contributed by atoms with E-state index in [2.05, 4.69) is 15.3 Å². The van der Waals surface area contributed by atoms with Crippen LogP contribution in [0.15, 0.2) is 113 Å². The Hall–Kier alpha value is -5.32. The normalized spacial score (nSPS) is 17.3. The molecule has 0 radical (unpaired) electrons. The lowest BCUT2D eigenvalue weighted by molar-refractivity contribution is -0.137. The molecule has 0 aliphatic carbocycles. The van der Waals surface area contributed by atoms with Crippen molar-refractivity contribution in [1.82, 2.24) is 5.32 Å². The number of azide groups is 1. The average molecular weight is 644 g/mol. The first-order valence-electron chi connectivity index (χ1n) is 14.9. The Morgan fingerprint density at radius 2 is 1.72 bits per heavy atom. The number of halogens is 3. The van der Waals surface area contributed by atoms with Crippen molar-refractivity contribution in [3.63, 3.8) is 0 Å². The molecule has 0 aromatic heterocycles. The molecule has 0 spiro atoms. The van der Waals surface area contributed by atoms with Crippen molar-refractivity contribution in [3.8, 4) is 5.75 Å². The predicted molar refractivity (Wildman–Crippen MR) is 169 cm³/mol. The van der Waals surface area contributed by atoms with E-state index in [0.29, 0.717) is 35.5 Å². The van der Waals surface area contributed by atoms with Crippen LogP contribution in [-0.4, -0.2) is 35.7 Å². The number of carbonyl (C=O) groups is 1. The number of aliphatic imine (C=N–C) groups is 1. The number of aliphatic hydroxyl groups excluding tert-OH is 1. The van der Waals surface area contributed by atoms with Crippen molar-refractivity contribution in [2.75, 3.05) is 13.2 Å². The highest BCUT2D eigenvalue weighted by molar-refractivity contribution is 6.01. The van der Waals surface area contributed by atoms with E-state index in [1.165, 1.54) is 12.1 Å². The number of nitrogens with zero attached hydrogens (tertiary/aromatic N) is 4. The largest absolute Gasteiger partial charge is 0.494 e. The van der Waals surface area contributed by atoms with Crippen LogP contribution >= 0.6 is 0 Å². The van der Waals surface area contributed by atoms with E-state index >= 15 is 0 Å². The molecule has 0 saturated carbocycles. The maximum absolute atomic E-state index is 14.5. The number of rotatable bonds is 13. The first-order chi connectivity index (χ1) is 22.7. The van der Waals surface area contributed by atoms with E-state index in [1.54, 1.807) is 48.5 Å². The van der Waals surface area contributed by atoms with Crippen molar-refractivity contribution in [1.29, 1.82) is 0 Å². The zero-order valence-corrected chi connectivity index (χ0v) is 25.2. The molecule has 47 heavy (non-hydrogen) atoms. The second kappa shape index (κ2) is 14.8. The number of benzene rings is 4. The molecule has 5 rings (SSSR count). The molecule has 1 heterocycles. The number of hydrogen-bond donors (Lipinski definition) is 2. The SMILES string of the molecule is [N-]=[N+]=NCc1ccccc1[C@H]1OC(c2ccc(OCCCO)cc2)=N[C@@]1(Cc1ccccc1)C(=O)NCc1cccc(C(F)(F)F)c1. The van der Waals surface area contributed by atoms with Gasteiger partial charge in [0.15, 0.2) is 11.6 Å². The molecule has 0 fully saturated rings. The fourth-order valence-electron chi connectivity index (χ4n) is 5.40. The van der Waals surface area contributed by atoms with Crippen LogP contribution < -0.4 is 10.1 Å². The van der Waals surface area contributed by atoms with Gasteiger partial charge in [0.05, 0.1) is 18.7 Å². The number of carbonyl (C=O) groups excluding carboxylic acids is 1. The van der Waals surface area contributed by atoms with Gasteiger partial charge in [0.25, 0.3) is 5.91 Å². The van der Waals surface area contributed by atoms with Crippen LogP contribution in [0.4, 0.5) is 13.2 Å². The highest BCUT2D eigenvalue weighted by Gasteiger charge is 2.53. The lowest BCUT2D eigenvalue weighted by Crippen LogP contribution is -2.49. The molecule has 0 unspecified atom stereocenters. The summed E-state index contributed by atoms with van der Waals surface area (Å²) in [6.07, 6.45) is -4.96. The van der Waals surface area contributed by atoms with Gasteiger partial charge in [0.2, 0.25) is 5.90 Å². The summed E-state index contributed by atoms with van der Waals surface area (Å²) < 4.78 is 52.5. The highest BCUT2D eigenvalue weighted by Crippen LogP contribution is 2.44. The van der Waals surface area contributed by atoms with Gasteiger partial charge in [0.1, 0.15) is 5.75 Å². The fourth-order valence-corrected chi connectivity index (χ4v) is 5.40. The maximum Gasteiger partial charge on any atom is 0.416 e. The van der Waals surface area contributed by atoms with Crippen LogP contribution in [-0.2, 0) is 35.2 Å². The van der Waals surface area contributed by atoms with E-state index in [9.17, 15) is 18.0 Å². The number of hydrogen-bond acceptors (Lipinski definition) is 6. The van der Waals surface area contributed by atoms with Gasteiger partial charge in [0, 0.05) is 36.5 Å². The lowest BCUT2D eigenvalue weighted by Gasteiger charge is -2.32.